The second-order valence-corrected chi connectivity index (χ2v) is 5.23. The van der Waals surface area contributed by atoms with Gasteiger partial charge in [0.1, 0.15) is 0 Å². The third kappa shape index (κ3) is 2.93. The maximum absolute atomic E-state index is 4.26. The topological polar surface area (TPSA) is 24.9 Å². The monoisotopic (exact) mass is 210 g/mol. The minimum absolute atomic E-state index is 0.133. The number of nitrogens with one attached hydrogen (secondary N) is 1. The van der Waals surface area contributed by atoms with Gasteiger partial charge in [0.15, 0.2) is 0 Å². The van der Waals surface area contributed by atoms with E-state index in [2.05, 4.69) is 23.8 Å². The van der Waals surface area contributed by atoms with Crippen LogP contribution in [0.15, 0.2) is 18.9 Å². The maximum atomic E-state index is 4.26. The maximum Gasteiger partial charge on any atom is 0.0896 e. The van der Waals surface area contributed by atoms with E-state index in [0.717, 1.165) is 18.0 Å². The molecule has 1 rings (SSSR count). The third-order valence-electron chi connectivity index (χ3n) is 2.32. The minimum atomic E-state index is 0.133. The van der Waals surface area contributed by atoms with Gasteiger partial charge in [0.25, 0.3) is 0 Å². The summed E-state index contributed by atoms with van der Waals surface area (Å²) in [7, 11) is 1.97. The molecule has 0 aliphatic carbocycles. The number of hydrogen-bond acceptors (Lipinski definition) is 3. The van der Waals surface area contributed by atoms with Gasteiger partial charge in [-0.25, -0.2) is 4.98 Å². The van der Waals surface area contributed by atoms with Crippen LogP contribution in [-0.2, 0) is 6.42 Å². The molecule has 0 bridgehead atoms. The zero-order valence-electron chi connectivity index (χ0n) is 9.13. The van der Waals surface area contributed by atoms with E-state index in [9.17, 15) is 0 Å². The number of aromatic nitrogens is 1. The molecule has 0 spiro atoms. The average molecular weight is 210 g/mol. The highest BCUT2D eigenvalue weighted by atomic mass is 32.1. The summed E-state index contributed by atoms with van der Waals surface area (Å²) in [4.78, 5) is 5.59. The molecule has 1 aromatic heterocycles. The number of aryl methyl sites for hydroxylation is 1. The first kappa shape index (κ1) is 11.4. The Kier molecular flexibility index (Phi) is 3.84. The Morgan fingerprint density at radius 1 is 1.71 bits per heavy atom. The van der Waals surface area contributed by atoms with Crippen LogP contribution in [-0.4, -0.2) is 18.6 Å². The quantitative estimate of drug-likeness (QED) is 0.755. The van der Waals surface area contributed by atoms with Gasteiger partial charge in [-0.05, 0) is 20.4 Å². The predicted molar refractivity (Wildman–Crippen MR) is 62.8 cm³/mol. The highest BCUT2D eigenvalue weighted by Crippen LogP contribution is 2.25. The molecule has 1 aromatic rings. The van der Waals surface area contributed by atoms with E-state index >= 15 is 0 Å². The Balaban J connectivity index is 2.69. The first-order chi connectivity index (χ1) is 6.59. The van der Waals surface area contributed by atoms with Crippen LogP contribution in [0.3, 0.4) is 0 Å². The smallest absolute Gasteiger partial charge is 0.0896 e. The van der Waals surface area contributed by atoms with Crippen molar-refractivity contribution in [3.05, 3.63) is 28.7 Å². The molecule has 0 aliphatic heterocycles. The summed E-state index contributed by atoms with van der Waals surface area (Å²) in [6.45, 7) is 9.10. The van der Waals surface area contributed by atoms with Crippen LogP contribution in [0, 0.1) is 12.3 Å². The summed E-state index contributed by atoms with van der Waals surface area (Å²) in [6, 6.07) is 0. The van der Waals surface area contributed by atoms with E-state index in [-0.39, 0.29) is 5.41 Å². The Bertz CT molecular complexity index is 306. The molecule has 0 aromatic carbocycles. The van der Waals surface area contributed by atoms with Gasteiger partial charge in [-0.3, -0.25) is 0 Å². The van der Waals surface area contributed by atoms with Crippen LogP contribution < -0.4 is 5.32 Å². The molecule has 0 radical (unpaired) electrons. The molecule has 1 N–H and O–H groups in total. The fourth-order valence-corrected chi connectivity index (χ4v) is 2.49. The van der Waals surface area contributed by atoms with Gasteiger partial charge in [0.05, 0.1) is 5.01 Å². The van der Waals surface area contributed by atoms with Crippen molar-refractivity contribution in [1.82, 2.24) is 10.3 Å². The molecule has 0 saturated carbocycles. The highest BCUT2D eigenvalue weighted by Gasteiger charge is 2.20. The summed E-state index contributed by atoms with van der Waals surface area (Å²) in [5.74, 6) is 0. The molecule has 1 unspecified atom stereocenters. The molecular formula is C11H18N2S. The molecule has 0 saturated heterocycles. The van der Waals surface area contributed by atoms with Crippen LogP contribution in [0.25, 0.3) is 0 Å². The molecule has 3 heteroatoms. The molecule has 0 amide bonds. The molecule has 2 nitrogen and oxygen atoms in total. The van der Waals surface area contributed by atoms with Gasteiger partial charge in [0.2, 0.25) is 0 Å². The zero-order valence-corrected chi connectivity index (χ0v) is 9.95. The number of rotatable bonds is 5. The standard InChI is InChI=1S/C11H18N2S/c1-5-11(3,8-12-4)6-10-7-13-9(2)14-10/h5,7,12H,1,6,8H2,2-4H3. The summed E-state index contributed by atoms with van der Waals surface area (Å²) in [5.41, 5.74) is 0.133. The molecular weight excluding hydrogens is 192 g/mol. The molecule has 0 aliphatic rings. The normalized spacial score (nSPS) is 15.1. The largest absolute Gasteiger partial charge is 0.319 e. The first-order valence-electron chi connectivity index (χ1n) is 4.79. The van der Waals surface area contributed by atoms with Gasteiger partial charge in [0, 0.05) is 23.0 Å². The summed E-state index contributed by atoms with van der Waals surface area (Å²) >= 11 is 1.77. The van der Waals surface area contributed by atoms with E-state index < -0.39 is 0 Å². The van der Waals surface area contributed by atoms with Gasteiger partial charge < -0.3 is 5.32 Å². The van der Waals surface area contributed by atoms with Crippen molar-refractivity contribution in [2.24, 2.45) is 5.41 Å². The molecule has 78 valence electrons. The molecule has 1 atom stereocenters. The van der Waals surface area contributed by atoms with Crippen molar-refractivity contribution >= 4 is 11.3 Å². The van der Waals surface area contributed by atoms with Crippen molar-refractivity contribution in [3.63, 3.8) is 0 Å². The van der Waals surface area contributed by atoms with Crippen molar-refractivity contribution in [2.45, 2.75) is 20.3 Å². The predicted octanol–water partition coefficient (Wildman–Crippen LogP) is 2.41. The third-order valence-corrected chi connectivity index (χ3v) is 3.23. The number of nitrogens with zero attached hydrogens (tertiary/aromatic N) is 1. The Morgan fingerprint density at radius 2 is 2.43 bits per heavy atom. The Morgan fingerprint density at radius 3 is 2.86 bits per heavy atom. The van der Waals surface area contributed by atoms with Crippen LogP contribution in [0.1, 0.15) is 16.8 Å². The average Bonchev–Trinajstić information content (AvgIpc) is 2.51. The van der Waals surface area contributed by atoms with Crippen LogP contribution in [0.5, 0.6) is 0 Å². The summed E-state index contributed by atoms with van der Waals surface area (Å²) < 4.78 is 0. The van der Waals surface area contributed by atoms with E-state index in [4.69, 9.17) is 0 Å². The number of thiazole rings is 1. The van der Waals surface area contributed by atoms with E-state index in [1.165, 1.54) is 4.88 Å². The lowest BCUT2D eigenvalue weighted by Gasteiger charge is -2.24. The van der Waals surface area contributed by atoms with Crippen LogP contribution in [0.2, 0.25) is 0 Å². The minimum Gasteiger partial charge on any atom is -0.319 e. The van der Waals surface area contributed by atoms with E-state index in [0.29, 0.717) is 0 Å². The highest BCUT2D eigenvalue weighted by molar-refractivity contribution is 7.11. The lowest BCUT2D eigenvalue weighted by molar-refractivity contribution is 0.409. The van der Waals surface area contributed by atoms with Gasteiger partial charge >= 0.3 is 0 Å². The molecule has 14 heavy (non-hydrogen) atoms. The fraction of sp³-hybridized carbons (Fsp3) is 0.545. The van der Waals surface area contributed by atoms with E-state index in [1.807, 2.05) is 26.2 Å². The van der Waals surface area contributed by atoms with Crippen molar-refractivity contribution in [1.29, 1.82) is 0 Å². The molecule has 0 fully saturated rings. The van der Waals surface area contributed by atoms with Gasteiger partial charge in [-0.2, -0.15) is 0 Å². The zero-order chi connectivity index (χ0) is 10.6. The summed E-state index contributed by atoms with van der Waals surface area (Å²) in [5, 5.41) is 4.33. The van der Waals surface area contributed by atoms with E-state index in [1.54, 1.807) is 11.3 Å². The molecule has 1 heterocycles. The Labute approximate surface area is 90.1 Å². The van der Waals surface area contributed by atoms with Crippen LogP contribution >= 0.6 is 11.3 Å². The summed E-state index contributed by atoms with van der Waals surface area (Å²) in [6.07, 6.45) is 5.01. The van der Waals surface area contributed by atoms with Crippen molar-refractivity contribution in [2.75, 3.05) is 13.6 Å². The lowest BCUT2D eigenvalue weighted by atomic mass is 9.86. The van der Waals surface area contributed by atoms with Crippen molar-refractivity contribution in [3.8, 4) is 0 Å². The second kappa shape index (κ2) is 4.71. The first-order valence-corrected chi connectivity index (χ1v) is 5.61. The lowest BCUT2D eigenvalue weighted by Crippen LogP contribution is -2.29. The second-order valence-electron chi connectivity index (χ2n) is 3.91. The van der Waals surface area contributed by atoms with Crippen LogP contribution in [0.4, 0.5) is 0 Å². The Hall–Kier alpha value is -0.670. The fourth-order valence-electron chi connectivity index (χ4n) is 1.50. The van der Waals surface area contributed by atoms with Gasteiger partial charge in [-0.1, -0.05) is 13.0 Å². The SMILES string of the molecule is C=CC(C)(CNC)Cc1cnc(C)s1. The van der Waals surface area contributed by atoms with Crippen molar-refractivity contribution < 1.29 is 0 Å². The van der Waals surface area contributed by atoms with Gasteiger partial charge in [-0.15, -0.1) is 17.9 Å². The number of hydrogen-bond donors (Lipinski definition) is 1.